The number of nitro benzene ring substituents is 1. The van der Waals surface area contributed by atoms with Gasteiger partial charge in [0, 0.05) is 19.2 Å². The van der Waals surface area contributed by atoms with E-state index in [1.165, 1.54) is 19.4 Å². The highest BCUT2D eigenvalue weighted by molar-refractivity contribution is 7.89. The number of hydrogen-bond donors (Lipinski definition) is 0. The number of benzene rings is 1. The minimum absolute atomic E-state index is 0.00560. The Morgan fingerprint density at radius 3 is 2.67 bits per heavy atom. The van der Waals surface area contributed by atoms with Crippen LogP contribution in [0.15, 0.2) is 45.9 Å². The fourth-order valence-corrected chi connectivity index (χ4v) is 3.31. The molecule has 21 heavy (non-hydrogen) atoms. The molecule has 7 nitrogen and oxygen atoms in total. The van der Waals surface area contributed by atoms with Crippen LogP contribution in [0.2, 0.25) is 5.02 Å². The minimum Gasteiger partial charge on any atom is -0.468 e. The Labute approximate surface area is 125 Å². The van der Waals surface area contributed by atoms with Gasteiger partial charge in [0.1, 0.15) is 10.7 Å². The van der Waals surface area contributed by atoms with Crippen molar-refractivity contribution in [2.24, 2.45) is 0 Å². The van der Waals surface area contributed by atoms with Gasteiger partial charge in [0.15, 0.2) is 0 Å². The number of sulfonamides is 1. The second kappa shape index (κ2) is 5.84. The SMILES string of the molecule is CN(Cc1ccco1)S(=O)(=O)c1cc([N+](=O)[O-])ccc1Cl. The summed E-state index contributed by atoms with van der Waals surface area (Å²) in [6, 6.07) is 6.54. The van der Waals surface area contributed by atoms with Crippen molar-refractivity contribution < 1.29 is 17.8 Å². The van der Waals surface area contributed by atoms with Crippen LogP contribution < -0.4 is 0 Å². The van der Waals surface area contributed by atoms with Crippen LogP contribution in [0.25, 0.3) is 0 Å². The first-order valence-corrected chi connectivity index (χ1v) is 7.57. The summed E-state index contributed by atoms with van der Waals surface area (Å²) in [5.74, 6) is 0.447. The number of halogens is 1. The Hall–Kier alpha value is -1.90. The summed E-state index contributed by atoms with van der Waals surface area (Å²) in [5.41, 5.74) is -0.343. The smallest absolute Gasteiger partial charge is 0.270 e. The molecule has 0 saturated heterocycles. The maximum atomic E-state index is 12.4. The molecular weight excluding hydrogens is 320 g/mol. The Morgan fingerprint density at radius 2 is 2.10 bits per heavy atom. The van der Waals surface area contributed by atoms with Gasteiger partial charge in [0.05, 0.1) is 22.8 Å². The van der Waals surface area contributed by atoms with Crippen molar-refractivity contribution in [1.29, 1.82) is 0 Å². The van der Waals surface area contributed by atoms with Crippen molar-refractivity contribution in [1.82, 2.24) is 4.31 Å². The molecule has 0 aliphatic carbocycles. The second-order valence-corrected chi connectivity index (χ2v) is 6.63. The molecule has 0 unspecified atom stereocenters. The largest absolute Gasteiger partial charge is 0.468 e. The molecule has 1 heterocycles. The topological polar surface area (TPSA) is 93.7 Å². The van der Waals surface area contributed by atoms with E-state index in [-0.39, 0.29) is 22.2 Å². The lowest BCUT2D eigenvalue weighted by Crippen LogP contribution is -2.26. The molecule has 1 aromatic carbocycles. The lowest BCUT2D eigenvalue weighted by molar-refractivity contribution is -0.385. The van der Waals surface area contributed by atoms with Crippen LogP contribution in [0.3, 0.4) is 0 Å². The zero-order valence-electron chi connectivity index (χ0n) is 10.9. The van der Waals surface area contributed by atoms with Gasteiger partial charge in [-0.2, -0.15) is 4.31 Å². The van der Waals surface area contributed by atoms with E-state index in [4.69, 9.17) is 16.0 Å². The normalized spacial score (nSPS) is 11.8. The summed E-state index contributed by atoms with van der Waals surface area (Å²) in [6.07, 6.45) is 1.43. The third-order valence-corrected chi connectivity index (χ3v) is 5.06. The summed E-state index contributed by atoms with van der Waals surface area (Å²) in [7, 11) is -2.62. The number of non-ortho nitro benzene ring substituents is 1. The Morgan fingerprint density at radius 1 is 1.38 bits per heavy atom. The summed E-state index contributed by atoms with van der Waals surface area (Å²) in [5, 5.41) is 10.7. The van der Waals surface area contributed by atoms with Gasteiger partial charge in [-0.3, -0.25) is 10.1 Å². The predicted octanol–water partition coefficient (Wildman–Crippen LogP) is 2.66. The van der Waals surface area contributed by atoms with E-state index in [0.717, 1.165) is 16.4 Å². The van der Waals surface area contributed by atoms with Gasteiger partial charge < -0.3 is 4.42 Å². The fraction of sp³-hybridized carbons (Fsp3) is 0.167. The first-order valence-electron chi connectivity index (χ1n) is 5.75. The molecule has 0 spiro atoms. The summed E-state index contributed by atoms with van der Waals surface area (Å²) in [4.78, 5) is 9.77. The highest BCUT2D eigenvalue weighted by Crippen LogP contribution is 2.28. The highest BCUT2D eigenvalue weighted by atomic mass is 35.5. The zero-order valence-corrected chi connectivity index (χ0v) is 12.5. The van der Waals surface area contributed by atoms with E-state index in [2.05, 4.69) is 0 Å². The molecular formula is C12H11ClN2O5S. The minimum atomic E-state index is -3.96. The van der Waals surface area contributed by atoms with E-state index >= 15 is 0 Å². The summed E-state index contributed by atoms with van der Waals surface area (Å²) < 4.78 is 31.0. The molecule has 0 radical (unpaired) electrons. The van der Waals surface area contributed by atoms with Crippen LogP contribution >= 0.6 is 11.6 Å². The lowest BCUT2D eigenvalue weighted by Gasteiger charge is -2.16. The quantitative estimate of drug-likeness (QED) is 0.620. The molecule has 112 valence electrons. The number of rotatable bonds is 5. The Kier molecular flexibility index (Phi) is 4.31. The van der Waals surface area contributed by atoms with Crippen molar-refractivity contribution in [2.45, 2.75) is 11.4 Å². The second-order valence-electron chi connectivity index (χ2n) is 4.21. The Bertz CT molecular complexity index is 758. The third kappa shape index (κ3) is 3.23. The molecule has 2 aromatic rings. The number of nitrogens with zero attached hydrogens (tertiary/aromatic N) is 2. The average molecular weight is 331 g/mol. The fourth-order valence-electron chi connectivity index (χ4n) is 1.68. The molecule has 0 saturated carbocycles. The maximum absolute atomic E-state index is 12.4. The molecule has 0 amide bonds. The van der Waals surface area contributed by atoms with Crippen molar-refractivity contribution >= 4 is 27.3 Å². The number of nitro groups is 1. The van der Waals surface area contributed by atoms with E-state index in [1.807, 2.05) is 0 Å². The van der Waals surface area contributed by atoms with E-state index in [0.29, 0.717) is 5.76 Å². The summed E-state index contributed by atoms with van der Waals surface area (Å²) in [6.45, 7) is -0.00560. The maximum Gasteiger partial charge on any atom is 0.270 e. The Balaban J connectivity index is 2.38. The van der Waals surface area contributed by atoms with Crippen molar-refractivity contribution in [2.75, 3.05) is 7.05 Å². The molecule has 0 N–H and O–H groups in total. The van der Waals surface area contributed by atoms with Gasteiger partial charge in [-0.25, -0.2) is 8.42 Å². The van der Waals surface area contributed by atoms with E-state index in [1.54, 1.807) is 12.1 Å². The molecule has 0 aliphatic rings. The van der Waals surface area contributed by atoms with Gasteiger partial charge >= 0.3 is 0 Å². The van der Waals surface area contributed by atoms with Crippen LogP contribution in [0.4, 0.5) is 5.69 Å². The zero-order chi connectivity index (χ0) is 15.6. The average Bonchev–Trinajstić information content (AvgIpc) is 2.91. The number of hydrogen-bond acceptors (Lipinski definition) is 5. The molecule has 9 heteroatoms. The third-order valence-electron chi connectivity index (χ3n) is 2.77. The molecule has 1 aromatic heterocycles. The van der Waals surface area contributed by atoms with Crippen LogP contribution in [0, 0.1) is 10.1 Å². The number of furan rings is 1. The van der Waals surface area contributed by atoms with Crippen LogP contribution in [0.1, 0.15) is 5.76 Å². The van der Waals surface area contributed by atoms with E-state index < -0.39 is 14.9 Å². The predicted molar refractivity (Wildman–Crippen MR) is 75.5 cm³/mol. The highest BCUT2D eigenvalue weighted by Gasteiger charge is 2.26. The van der Waals surface area contributed by atoms with E-state index in [9.17, 15) is 18.5 Å². The van der Waals surface area contributed by atoms with Gasteiger partial charge in [-0.1, -0.05) is 11.6 Å². The van der Waals surface area contributed by atoms with Gasteiger partial charge in [0.2, 0.25) is 10.0 Å². The first-order chi connectivity index (χ1) is 9.82. The van der Waals surface area contributed by atoms with Crippen LogP contribution in [-0.4, -0.2) is 24.7 Å². The summed E-state index contributed by atoms with van der Waals surface area (Å²) >= 11 is 5.86. The van der Waals surface area contributed by atoms with Gasteiger partial charge in [0.25, 0.3) is 5.69 Å². The van der Waals surface area contributed by atoms with Gasteiger partial charge in [-0.05, 0) is 18.2 Å². The standard InChI is InChI=1S/C12H11ClN2O5S/c1-14(8-10-3-2-6-20-10)21(18,19)12-7-9(15(16)17)4-5-11(12)13/h2-7H,8H2,1H3. The molecule has 0 atom stereocenters. The monoisotopic (exact) mass is 330 g/mol. The van der Waals surface area contributed by atoms with Gasteiger partial charge in [-0.15, -0.1) is 0 Å². The van der Waals surface area contributed by atoms with Crippen molar-refractivity contribution in [3.8, 4) is 0 Å². The molecule has 0 fully saturated rings. The first kappa shape index (κ1) is 15.5. The van der Waals surface area contributed by atoms with Crippen LogP contribution in [0.5, 0.6) is 0 Å². The van der Waals surface area contributed by atoms with Crippen LogP contribution in [-0.2, 0) is 16.6 Å². The molecule has 0 aliphatic heterocycles. The van der Waals surface area contributed by atoms with Crippen molar-refractivity contribution in [3.63, 3.8) is 0 Å². The molecule has 2 rings (SSSR count). The molecule has 0 bridgehead atoms. The van der Waals surface area contributed by atoms with Crippen molar-refractivity contribution in [3.05, 3.63) is 57.5 Å². The lowest BCUT2D eigenvalue weighted by atomic mass is 10.3.